The zero-order chi connectivity index (χ0) is 12.9. The van der Waals surface area contributed by atoms with Gasteiger partial charge >= 0.3 is 0 Å². The summed E-state index contributed by atoms with van der Waals surface area (Å²) in [6, 6.07) is 13.9. The van der Waals surface area contributed by atoms with Crippen LogP contribution in [-0.2, 0) is 0 Å². The van der Waals surface area contributed by atoms with Crippen LogP contribution in [0.3, 0.4) is 0 Å². The molecule has 6 heteroatoms. The van der Waals surface area contributed by atoms with Crippen LogP contribution in [0, 0.1) is 0 Å². The quantitative estimate of drug-likeness (QED) is 0.684. The van der Waals surface area contributed by atoms with Gasteiger partial charge in [-0.1, -0.05) is 30.0 Å². The lowest BCUT2D eigenvalue weighted by atomic mass is 10.4. The van der Waals surface area contributed by atoms with E-state index in [4.69, 9.17) is 4.42 Å². The monoisotopic (exact) mass is 270 g/mol. The molecule has 0 saturated carbocycles. The summed E-state index contributed by atoms with van der Waals surface area (Å²) in [5, 5.41) is 12.3. The molecule has 2 heterocycles. The Labute approximate surface area is 114 Å². The van der Waals surface area contributed by atoms with Gasteiger partial charge in [0.05, 0.1) is 6.21 Å². The van der Waals surface area contributed by atoms with Crippen LogP contribution >= 0.6 is 11.8 Å². The summed E-state index contributed by atoms with van der Waals surface area (Å²) in [5.74, 6) is 0.687. The number of benzene rings is 1. The van der Waals surface area contributed by atoms with E-state index in [1.807, 2.05) is 42.5 Å². The van der Waals surface area contributed by atoms with Crippen molar-refractivity contribution < 1.29 is 4.42 Å². The molecule has 0 spiro atoms. The summed E-state index contributed by atoms with van der Waals surface area (Å²) in [7, 11) is 0. The highest BCUT2D eigenvalue weighted by molar-refractivity contribution is 7.99. The average molecular weight is 270 g/mol. The molecule has 5 nitrogen and oxygen atoms in total. The smallest absolute Gasteiger partial charge is 0.165 e. The maximum atomic E-state index is 5.65. The molecule has 3 aromatic rings. The van der Waals surface area contributed by atoms with Crippen LogP contribution in [0.25, 0.3) is 0 Å². The summed E-state index contributed by atoms with van der Waals surface area (Å²) in [6.07, 6.45) is 4.65. The molecule has 1 aromatic carbocycles. The van der Waals surface area contributed by atoms with Gasteiger partial charge < -0.3 is 4.42 Å². The second kappa shape index (κ2) is 5.53. The molecule has 19 heavy (non-hydrogen) atoms. The largest absolute Gasteiger partial charge is 0.448 e. The maximum Gasteiger partial charge on any atom is 0.165 e. The number of nitrogens with zero attached hydrogens (tertiary/aromatic N) is 4. The molecule has 0 aliphatic rings. The highest BCUT2D eigenvalue weighted by Crippen LogP contribution is 2.28. The summed E-state index contributed by atoms with van der Waals surface area (Å²) in [4.78, 5) is 1.14. The Morgan fingerprint density at radius 2 is 1.84 bits per heavy atom. The van der Waals surface area contributed by atoms with E-state index in [-0.39, 0.29) is 0 Å². The molecule has 0 saturated heterocycles. The lowest BCUT2D eigenvalue weighted by Crippen LogP contribution is -1.84. The molecule has 0 amide bonds. The Morgan fingerprint density at radius 1 is 1.05 bits per heavy atom. The van der Waals surface area contributed by atoms with Crippen molar-refractivity contribution in [1.29, 1.82) is 0 Å². The normalized spacial score (nSPS) is 11.2. The molecule has 2 aromatic heterocycles. The fraction of sp³-hybridized carbons (Fsp3) is 0. The minimum Gasteiger partial charge on any atom is -0.448 e. The first-order chi connectivity index (χ1) is 9.40. The van der Waals surface area contributed by atoms with Crippen LogP contribution in [0.4, 0.5) is 0 Å². The van der Waals surface area contributed by atoms with Crippen molar-refractivity contribution in [3.05, 3.63) is 60.9 Å². The Kier molecular flexibility index (Phi) is 3.42. The maximum absolute atomic E-state index is 5.65. The summed E-state index contributed by atoms with van der Waals surface area (Å²) in [6.45, 7) is 0. The number of aromatic nitrogens is 3. The zero-order valence-electron chi connectivity index (χ0n) is 9.88. The highest BCUT2D eigenvalue weighted by atomic mass is 32.2. The second-order valence-electron chi connectivity index (χ2n) is 3.66. The van der Waals surface area contributed by atoms with E-state index in [1.54, 1.807) is 18.0 Å². The van der Waals surface area contributed by atoms with Crippen molar-refractivity contribution in [3.63, 3.8) is 0 Å². The van der Waals surface area contributed by atoms with Gasteiger partial charge in [-0.3, -0.25) is 0 Å². The lowest BCUT2D eigenvalue weighted by molar-refractivity contribution is 0.468. The van der Waals surface area contributed by atoms with Gasteiger partial charge in [0, 0.05) is 4.90 Å². The number of hydrogen-bond acceptors (Lipinski definition) is 5. The molecule has 0 unspecified atom stereocenters. The van der Waals surface area contributed by atoms with Crippen LogP contribution in [0.15, 0.2) is 74.6 Å². The Bertz CT molecular complexity index is 661. The molecular formula is C13H10N4OS. The van der Waals surface area contributed by atoms with Gasteiger partial charge in [-0.2, -0.15) is 5.10 Å². The first-order valence-corrected chi connectivity index (χ1v) is 6.43. The average Bonchev–Trinajstić information content (AvgIpc) is 3.09. The minimum absolute atomic E-state index is 0.687. The standard InChI is InChI=1S/C13H10N4OS/c1-2-4-12(5-3-1)19-13-7-6-11(18-13)8-16-17-9-14-15-10-17/h1-10H. The molecule has 0 fully saturated rings. The van der Waals surface area contributed by atoms with Crippen molar-refractivity contribution in [2.45, 2.75) is 9.99 Å². The van der Waals surface area contributed by atoms with Gasteiger partial charge in [-0.15, -0.1) is 10.2 Å². The third kappa shape index (κ3) is 3.11. The third-order valence-electron chi connectivity index (χ3n) is 2.29. The van der Waals surface area contributed by atoms with Crippen LogP contribution in [0.2, 0.25) is 0 Å². The zero-order valence-corrected chi connectivity index (χ0v) is 10.7. The van der Waals surface area contributed by atoms with E-state index in [2.05, 4.69) is 15.3 Å². The van der Waals surface area contributed by atoms with Crippen LogP contribution in [-0.4, -0.2) is 21.1 Å². The molecule has 0 aliphatic heterocycles. The Balaban J connectivity index is 1.70. The van der Waals surface area contributed by atoms with Crippen molar-refractivity contribution in [3.8, 4) is 0 Å². The Morgan fingerprint density at radius 3 is 2.63 bits per heavy atom. The van der Waals surface area contributed by atoms with Crippen molar-refractivity contribution in [1.82, 2.24) is 14.9 Å². The fourth-order valence-corrected chi connectivity index (χ4v) is 2.24. The van der Waals surface area contributed by atoms with Gasteiger partial charge in [-0.25, -0.2) is 4.68 Å². The highest BCUT2D eigenvalue weighted by Gasteiger charge is 2.02. The number of rotatable bonds is 4. The van der Waals surface area contributed by atoms with Gasteiger partial charge in [0.15, 0.2) is 5.09 Å². The van der Waals surface area contributed by atoms with Gasteiger partial charge in [0.2, 0.25) is 0 Å². The van der Waals surface area contributed by atoms with E-state index < -0.39 is 0 Å². The first kappa shape index (κ1) is 11.7. The molecule has 0 aliphatic carbocycles. The van der Waals surface area contributed by atoms with Gasteiger partial charge in [-0.05, 0) is 24.3 Å². The topological polar surface area (TPSA) is 56.2 Å². The lowest BCUT2D eigenvalue weighted by Gasteiger charge is -1.95. The molecule has 0 N–H and O–H groups in total. The molecule has 0 bridgehead atoms. The molecule has 0 atom stereocenters. The predicted molar refractivity (Wildman–Crippen MR) is 72.3 cm³/mol. The van der Waals surface area contributed by atoms with E-state index in [9.17, 15) is 0 Å². The fourth-order valence-electron chi connectivity index (χ4n) is 1.44. The first-order valence-electron chi connectivity index (χ1n) is 5.62. The Hall–Kier alpha value is -2.34. The van der Waals surface area contributed by atoms with Gasteiger partial charge in [0.1, 0.15) is 18.4 Å². The SMILES string of the molecule is C(=Nn1cnnc1)c1ccc(Sc2ccccc2)o1. The predicted octanol–water partition coefficient (Wildman–Crippen LogP) is 2.90. The van der Waals surface area contributed by atoms with E-state index in [0.717, 1.165) is 9.99 Å². The van der Waals surface area contributed by atoms with E-state index in [0.29, 0.717) is 5.76 Å². The number of furan rings is 1. The van der Waals surface area contributed by atoms with Crippen molar-refractivity contribution in [2.75, 3.05) is 0 Å². The summed E-state index contributed by atoms with van der Waals surface area (Å²) >= 11 is 1.57. The minimum atomic E-state index is 0.687. The van der Waals surface area contributed by atoms with Crippen LogP contribution in [0.5, 0.6) is 0 Å². The second-order valence-corrected chi connectivity index (χ2v) is 4.74. The van der Waals surface area contributed by atoms with Crippen molar-refractivity contribution in [2.24, 2.45) is 5.10 Å². The van der Waals surface area contributed by atoms with Crippen LogP contribution in [0.1, 0.15) is 5.76 Å². The molecule has 3 rings (SSSR count). The van der Waals surface area contributed by atoms with Gasteiger partial charge in [0.25, 0.3) is 0 Å². The van der Waals surface area contributed by atoms with E-state index >= 15 is 0 Å². The number of hydrogen-bond donors (Lipinski definition) is 0. The van der Waals surface area contributed by atoms with Crippen LogP contribution < -0.4 is 0 Å². The molecule has 94 valence electrons. The van der Waals surface area contributed by atoms with E-state index in [1.165, 1.54) is 17.3 Å². The molecule has 0 radical (unpaired) electrons. The third-order valence-corrected chi connectivity index (χ3v) is 3.22. The van der Waals surface area contributed by atoms with Crippen molar-refractivity contribution >= 4 is 18.0 Å². The molecular weight excluding hydrogens is 260 g/mol. The summed E-state index contributed by atoms with van der Waals surface area (Å²) < 4.78 is 7.15. The summed E-state index contributed by atoms with van der Waals surface area (Å²) in [5.41, 5.74) is 0.